The zero-order valence-electron chi connectivity index (χ0n) is 8.27. The van der Waals surface area contributed by atoms with Gasteiger partial charge in [0.05, 0.1) is 11.9 Å². The summed E-state index contributed by atoms with van der Waals surface area (Å²) >= 11 is 0. The Bertz CT molecular complexity index is 235. The lowest BCUT2D eigenvalue weighted by Crippen LogP contribution is -2.30. The summed E-state index contributed by atoms with van der Waals surface area (Å²) in [5.74, 6) is 0. The minimum Gasteiger partial charge on any atom is -0.371 e. The van der Waals surface area contributed by atoms with Gasteiger partial charge in [-0.25, -0.2) is 0 Å². The molecule has 0 saturated heterocycles. The van der Waals surface area contributed by atoms with Crippen LogP contribution in [0.5, 0.6) is 0 Å². The summed E-state index contributed by atoms with van der Waals surface area (Å²) < 4.78 is 0. The van der Waals surface area contributed by atoms with Crippen molar-refractivity contribution in [3.63, 3.8) is 0 Å². The van der Waals surface area contributed by atoms with E-state index in [1.807, 2.05) is 12.3 Å². The highest BCUT2D eigenvalue weighted by atomic mass is 15.1. The summed E-state index contributed by atoms with van der Waals surface area (Å²) in [6.07, 6.45) is 4.66. The highest BCUT2D eigenvalue weighted by Crippen LogP contribution is 2.13. The summed E-state index contributed by atoms with van der Waals surface area (Å²) in [6, 6.07) is 4.47. The molecule has 0 bridgehead atoms. The van der Waals surface area contributed by atoms with Gasteiger partial charge in [0.15, 0.2) is 0 Å². The maximum atomic E-state index is 5.50. The number of rotatable bonds is 4. The maximum Gasteiger partial charge on any atom is 0.0552 e. The van der Waals surface area contributed by atoms with E-state index in [-0.39, 0.29) is 0 Å². The van der Waals surface area contributed by atoms with Crippen LogP contribution in [-0.4, -0.2) is 24.6 Å². The van der Waals surface area contributed by atoms with Crippen molar-refractivity contribution in [3.05, 3.63) is 24.5 Å². The van der Waals surface area contributed by atoms with Crippen molar-refractivity contribution in [2.75, 3.05) is 18.5 Å². The second-order valence-corrected chi connectivity index (χ2v) is 3.25. The van der Waals surface area contributed by atoms with Gasteiger partial charge in [0.2, 0.25) is 0 Å². The number of nitrogens with zero attached hydrogens (tertiary/aromatic N) is 2. The van der Waals surface area contributed by atoms with E-state index in [0.717, 1.165) is 18.7 Å². The molecule has 0 saturated carbocycles. The van der Waals surface area contributed by atoms with Crippen molar-refractivity contribution in [3.8, 4) is 0 Å². The number of hydrogen-bond donors (Lipinski definition) is 1. The van der Waals surface area contributed by atoms with Crippen molar-refractivity contribution in [2.45, 2.75) is 19.4 Å². The summed E-state index contributed by atoms with van der Waals surface area (Å²) in [7, 11) is 2.07. The molecule has 1 heterocycles. The number of anilines is 1. The standard InChI is InChI=1S/C10H17N3/c1-9(5-6-11)13(2)10-4-3-7-12-8-10/h3-4,7-9H,5-6,11H2,1-2H3. The minimum atomic E-state index is 0.467. The quantitative estimate of drug-likeness (QED) is 0.756. The number of pyridine rings is 1. The molecule has 1 unspecified atom stereocenters. The molecule has 0 amide bonds. The zero-order valence-corrected chi connectivity index (χ0v) is 8.27. The van der Waals surface area contributed by atoms with Gasteiger partial charge in [-0.1, -0.05) is 0 Å². The maximum absolute atomic E-state index is 5.50. The van der Waals surface area contributed by atoms with E-state index >= 15 is 0 Å². The first-order valence-corrected chi connectivity index (χ1v) is 4.58. The van der Waals surface area contributed by atoms with Gasteiger partial charge in [-0.15, -0.1) is 0 Å². The van der Waals surface area contributed by atoms with E-state index in [2.05, 4.69) is 29.9 Å². The molecule has 0 aromatic carbocycles. The van der Waals surface area contributed by atoms with Crippen LogP contribution in [0.25, 0.3) is 0 Å². The molecule has 0 spiro atoms. The number of hydrogen-bond acceptors (Lipinski definition) is 3. The first-order chi connectivity index (χ1) is 6.25. The SMILES string of the molecule is CC(CCN)N(C)c1cccnc1. The molecule has 1 atom stereocenters. The molecule has 3 nitrogen and oxygen atoms in total. The van der Waals surface area contributed by atoms with E-state index in [9.17, 15) is 0 Å². The third-order valence-corrected chi connectivity index (χ3v) is 2.30. The van der Waals surface area contributed by atoms with Gasteiger partial charge in [0.25, 0.3) is 0 Å². The zero-order chi connectivity index (χ0) is 9.68. The predicted molar refractivity (Wildman–Crippen MR) is 55.8 cm³/mol. The molecule has 2 N–H and O–H groups in total. The monoisotopic (exact) mass is 179 g/mol. The van der Waals surface area contributed by atoms with Gasteiger partial charge in [-0.05, 0) is 32.0 Å². The summed E-state index contributed by atoms with van der Waals surface area (Å²) in [5, 5.41) is 0. The van der Waals surface area contributed by atoms with Crippen LogP contribution in [0.15, 0.2) is 24.5 Å². The second kappa shape index (κ2) is 4.82. The highest BCUT2D eigenvalue weighted by molar-refractivity contribution is 5.43. The predicted octanol–water partition coefficient (Wildman–Crippen LogP) is 1.26. The van der Waals surface area contributed by atoms with E-state index in [1.165, 1.54) is 0 Å². The third kappa shape index (κ3) is 2.70. The van der Waals surface area contributed by atoms with Crippen molar-refractivity contribution in [1.82, 2.24) is 4.98 Å². The fourth-order valence-electron chi connectivity index (χ4n) is 1.25. The normalized spacial score (nSPS) is 12.5. The molecule has 0 fully saturated rings. The molecule has 72 valence electrons. The lowest BCUT2D eigenvalue weighted by molar-refractivity contribution is 0.634. The molecule has 3 heteroatoms. The van der Waals surface area contributed by atoms with Crippen molar-refractivity contribution in [1.29, 1.82) is 0 Å². The average molecular weight is 179 g/mol. The fraction of sp³-hybridized carbons (Fsp3) is 0.500. The van der Waals surface area contributed by atoms with Crippen molar-refractivity contribution >= 4 is 5.69 Å². The Morgan fingerprint density at radius 3 is 2.92 bits per heavy atom. The van der Waals surface area contributed by atoms with Crippen molar-refractivity contribution in [2.24, 2.45) is 5.73 Å². The second-order valence-electron chi connectivity index (χ2n) is 3.25. The Kier molecular flexibility index (Phi) is 3.71. The lowest BCUT2D eigenvalue weighted by atomic mass is 10.2. The number of aromatic nitrogens is 1. The molecule has 1 aromatic heterocycles. The molecule has 1 rings (SSSR count). The van der Waals surface area contributed by atoms with Crippen LogP contribution in [-0.2, 0) is 0 Å². The Morgan fingerprint density at radius 1 is 1.62 bits per heavy atom. The molecule has 1 aromatic rings. The first-order valence-electron chi connectivity index (χ1n) is 4.58. The van der Waals surface area contributed by atoms with E-state index in [4.69, 9.17) is 5.73 Å². The Labute approximate surface area is 79.6 Å². The topological polar surface area (TPSA) is 42.1 Å². The molecule has 0 aliphatic rings. The molecule has 0 aliphatic heterocycles. The lowest BCUT2D eigenvalue weighted by Gasteiger charge is -2.26. The Balaban J connectivity index is 2.62. The van der Waals surface area contributed by atoms with Gasteiger partial charge >= 0.3 is 0 Å². The smallest absolute Gasteiger partial charge is 0.0552 e. The summed E-state index contributed by atoms with van der Waals surface area (Å²) in [4.78, 5) is 6.27. The fourth-order valence-corrected chi connectivity index (χ4v) is 1.25. The van der Waals surface area contributed by atoms with Crippen LogP contribution in [0.1, 0.15) is 13.3 Å². The molecular weight excluding hydrogens is 162 g/mol. The van der Waals surface area contributed by atoms with Crippen LogP contribution in [0.3, 0.4) is 0 Å². The van der Waals surface area contributed by atoms with Gasteiger partial charge < -0.3 is 10.6 Å². The van der Waals surface area contributed by atoms with E-state index in [0.29, 0.717) is 6.04 Å². The average Bonchev–Trinajstić information content (AvgIpc) is 2.18. The van der Waals surface area contributed by atoms with Crippen LogP contribution < -0.4 is 10.6 Å². The van der Waals surface area contributed by atoms with Crippen LogP contribution in [0.2, 0.25) is 0 Å². The van der Waals surface area contributed by atoms with Crippen molar-refractivity contribution < 1.29 is 0 Å². The van der Waals surface area contributed by atoms with Gasteiger partial charge in [0.1, 0.15) is 0 Å². The highest BCUT2D eigenvalue weighted by Gasteiger charge is 2.07. The van der Waals surface area contributed by atoms with Crippen LogP contribution in [0, 0.1) is 0 Å². The molecular formula is C10H17N3. The summed E-state index contributed by atoms with van der Waals surface area (Å²) in [5.41, 5.74) is 6.65. The Hall–Kier alpha value is -1.09. The third-order valence-electron chi connectivity index (χ3n) is 2.30. The minimum absolute atomic E-state index is 0.467. The summed E-state index contributed by atoms with van der Waals surface area (Å²) in [6.45, 7) is 2.89. The number of nitrogens with two attached hydrogens (primary N) is 1. The molecule has 0 aliphatic carbocycles. The molecule has 0 radical (unpaired) electrons. The largest absolute Gasteiger partial charge is 0.371 e. The van der Waals surface area contributed by atoms with Gasteiger partial charge in [-0.3, -0.25) is 4.98 Å². The van der Waals surface area contributed by atoms with Crippen LogP contribution in [0.4, 0.5) is 5.69 Å². The molecule has 13 heavy (non-hydrogen) atoms. The van der Waals surface area contributed by atoms with Crippen LogP contribution >= 0.6 is 0 Å². The van der Waals surface area contributed by atoms with E-state index in [1.54, 1.807) is 6.20 Å². The van der Waals surface area contributed by atoms with E-state index < -0.39 is 0 Å². The van der Waals surface area contributed by atoms with Gasteiger partial charge in [-0.2, -0.15) is 0 Å². The van der Waals surface area contributed by atoms with Gasteiger partial charge in [0, 0.05) is 19.3 Å². The Morgan fingerprint density at radius 2 is 2.38 bits per heavy atom. The first kappa shape index (κ1) is 9.99.